The van der Waals surface area contributed by atoms with Crippen molar-refractivity contribution in [2.45, 2.75) is 24.5 Å². The first-order chi connectivity index (χ1) is 16.7. The molecule has 0 saturated carbocycles. The largest absolute Gasteiger partial charge is 0.510 e. The molecule has 12 nitrogen and oxygen atoms in total. The second-order valence-corrected chi connectivity index (χ2v) is 9.87. The van der Waals surface area contributed by atoms with Gasteiger partial charge in [0.2, 0.25) is 5.78 Å². The van der Waals surface area contributed by atoms with Gasteiger partial charge in [0, 0.05) is 31.3 Å². The zero-order chi connectivity index (χ0) is 27.0. The Morgan fingerprint density at radius 2 is 1.67 bits per heavy atom. The van der Waals surface area contributed by atoms with Gasteiger partial charge in [-0.15, -0.1) is 0 Å². The van der Waals surface area contributed by atoms with Crippen molar-refractivity contribution in [3.8, 4) is 5.75 Å². The number of carbonyl (C=O) groups is 4. The Labute approximate surface area is 206 Å². The van der Waals surface area contributed by atoms with Crippen LogP contribution in [0.1, 0.15) is 32.7 Å². The molecule has 0 aliphatic heterocycles. The van der Waals surface area contributed by atoms with Crippen molar-refractivity contribution in [1.82, 2.24) is 4.90 Å². The fourth-order valence-corrected chi connectivity index (χ4v) is 5.89. The van der Waals surface area contributed by atoms with Crippen LogP contribution >= 0.6 is 0 Å². The normalized spacial score (nSPS) is 27.6. The number of ketones is 2. The van der Waals surface area contributed by atoms with Crippen LogP contribution < -0.4 is 16.4 Å². The molecule has 0 saturated heterocycles. The molecule has 192 valence electrons. The molecule has 4 atom stereocenters. The molecule has 2 amide bonds. The number of anilines is 1. The summed E-state index contributed by atoms with van der Waals surface area (Å²) in [6.45, 7) is 0. The van der Waals surface area contributed by atoms with Crippen molar-refractivity contribution in [3.63, 3.8) is 0 Å². The van der Waals surface area contributed by atoms with Gasteiger partial charge in [0.05, 0.1) is 17.2 Å². The quantitative estimate of drug-likeness (QED) is 0.286. The van der Waals surface area contributed by atoms with Crippen molar-refractivity contribution in [2.75, 3.05) is 33.1 Å². The number of Topliss-reactive ketones (excluding diaryl/α,β-unsaturated/α-hetero) is 2. The van der Waals surface area contributed by atoms with E-state index in [-0.39, 0.29) is 29.5 Å². The van der Waals surface area contributed by atoms with Gasteiger partial charge in [-0.1, -0.05) is 0 Å². The Kier molecular flexibility index (Phi) is 5.65. The SMILES string of the molecule is CN(C)c1cc(C(N)=O)c(O)c2c1C[C@H]1C[C@H]3[C@H](N(C)C)C(O)=C(C(N)=O)C(=O)[C@@]3(O)C(O)=C1C2=O. The number of nitrogens with zero attached hydrogens (tertiary/aromatic N) is 2. The number of amides is 2. The van der Waals surface area contributed by atoms with Gasteiger partial charge in [0.25, 0.3) is 11.8 Å². The topological polar surface area (TPSA) is 208 Å². The van der Waals surface area contributed by atoms with Gasteiger partial charge >= 0.3 is 0 Å². The average molecular weight is 501 g/mol. The summed E-state index contributed by atoms with van der Waals surface area (Å²) in [5, 5.41) is 44.5. The van der Waals surface area contributed by atoms with Crippen molar-refractivity contribution < 1.29 is 39.6 Å². The van der Waals surface area contributed by atoms with Crippen molar-refractivity contribution in [2.24, 2.45) is 23.3 Å². The zero-order valence-corrected chi connectivity index (χ0v) is 20.2. The van der Waals surface area contributed by atoms with E-state index in [0.29, 0.717) is 11.3 Å². The van der Waals surface area contributed by atoms with Gasteiger partial charge < -0.3 is 36.8 Å². The van der Waals surface area contributed by atoms with Crippen LogP contribution in [-0.4, -0.2) is 88.5 Å². The lowest BCUT2D eigenvalue weighted by atomic mass is 9.58. The fourth-order valence-electron chi connectivity index (χ4n) is 5.89. The molecule has 3 aliphatic carbocycles. The van der Waals surface area contributed by atoms with Crippen LogP contribution in [0.2, 0.25) is 0 Å². The summed E-state index contributed by atoms with van der Waals surface area (Å²) in [6, 6.07) is 0.298. The van der Waals surface area contributed by atoms with Crippen molar-refractivity contribution in [1.29, 1.82) is 0 Å². The van der Waals surface area contributed by atoms with Gasteiger partial charge in [-0.05, 0) is 44.5 Å². The molecule has 3 aliphatic rings. The van der Waals surface area contributed by atoms with Gasteiger partial charge in [0.1, 0.15) is 22.8 Å². The molecule has 12 heteroatoms. The summed E-state index contributed by atoms with van der Waals surface area (Å²) in [4.78, 5) is 54.1. The van der Waals surface area contributed by atoms with Crippen LogP contribution in [-0.2, 0) is 16.0 Å². The maximum atomic E-state index is 13.7. The van der Waals surface area contributed by atoms with E-state index in [1.54, 1.807) is 33.1 Å². The lowest BCUT2D eigenvalue weighted by Gasteiger charge is -2.50. The van der Waals surface area contributed by atoms with E-state index in [9.17, 15) is 39.6 Å². The van der Waals surface area contributed by atoms with Gasteiger partial charge in [0.15, 0.2) is 11.4 Å². The van der Waals surface area contributed by atoms with Crippen LogP contribution in [0, 0.1) is 11.8 Å². The molecule has 0 spiro atoms. The third-order valence-corrected chi connectivity index (χ3v) is 7.45. The van der Waals surface area contributed by atoms with Crippen LogP contribution in [0.5, 0.6) is 5.75 Å². The minimum Gasteiger partial charge on any atom is -0.510 e. The van der Waals surface area contributed by atoms with Gasteiger partial charge in [-0.2, -0.15) is 0 Å². The molecule has 36 heavy (non-hydrogen) atoms. The predicted octanol–water partition coefficient (Wildman–Crippen LogP) is -0.714. The second kappa shape index (κ2) is 8.07. The molecule has 0 fully saturated rings. The first kappa shape index (κ1) is 25.2. The van der Waals surface area contributed by atoms with Crippen molar-refractivity contribution >= 4 is 29.1 Å². The summed E-state index contributed by atoms with van der Waals surface area (Å²) in [7, 11) is 6.47. The van der Waals surface area contributed by atoms with E-state index in [1.807, 2.05) is 0 Å². The molecule has 0 bridgehead atoms. The van der Waals surface area contributed by atoms with Crippen LogP contribution in [0.25, 0.3) is 0 Å². The number of allylic oxidation sites excluding steroid dienone is 1. The number of likely N-dealkylation sites (N-methyl/N-ethyl adjacent to an activating group) is 1. The van der Waals surface area contributed by atoms with E-state index < -0.39 is 69.7 Å². The molecule has 1 aromatic rings. The number of fused-ring (bicyclic) bond motifs is 3. The number of carbonyl (C=O) groups excluding carboxylic acids is 4. The Bertz CT molecular complexity index is 1310. The van der Waals surface area contributed by atoms with Crippen LogP contribution in [0.3, 0.4) is 0 Å². The molecular formula is C24H28N4O8. The molecule has 0 heterocycles. The highest BCUT2D eigenvalue weighted by molar-refractivity contribution is 6.25. The number of nitrogens with two attached hydrogens (primary N) is 2. The summed E-state index contributed by atoms with van der Waals surface area (Å²) in [6.07, 6.45) is 0.0750. The number of aliphatic hydroxyl groups excluding tert-OH is 2. The van der Waals surface area contributed by atoms with E-state index in [1.165, 1.54) is 11.0 Å². The second-order valence-electron chi connectivity index (χ2n) is 9.87. The standard InChI is InChI=1S/C24H28N4O8/c1-27(2)12-7-10(22(25)34)17(29)14-9(12)5-8-6-11-16(28(3)4)19(31)15(23(26)35)21(33)24(11,36)20(32)13(8)18(14)30/h7-8,11,16,29,31-32,36H,5-6H2,1-4H3,(H2,25,34)(H2,26,35)/t8-,11-,16-,24-/m0/s1. The van der Waals surface area contributed by atoms with Crippen LogP contribution in [0.4, 0.5) is 5.69 Å². The number of primary amides is 2. The maximum absolute atomic E-state index is 13.7. The molecule has 0 unspecified atom stereocenters. The minimum atomic E-state index is -2.73. The Balaban J connectivity index is 2.01. The first-order valence-corrected chi connectivity index (χ1v) is 11.2. The highest BCUT2D eigenvalue weighted by Crippen LogP contribution is 2.53. The first-order valence-electron chi connectivity index (χ1n) is 11.2. The summed E-state index contributed by atoms with van der Waals surface area (Å²) >= 11 is 0. The summed E-state index contributed by atoms with van der Waals surface area (Å²) < 4.78 is 0. The van der Waals surface area contributed by atoms with Gasteiger partial charge in [-0.3, -0.25) is 24.1 Å². The monoisotopic (exact) mass is 500 g/mol. The molecule has 0 radical (unpaired) electrons. The van der Waals surface area contributed by atoms with Gasteiger partial charge in [-0.25, -0.2) is 0 Å². The predicted molar refractivity (Wildman–Crippen MR) is 127 cm³/mol. The molecular weight excluding hydrogens is 472 g/mol. The van der Waals surface area contributed by atoms with E-state index in [0.717, 1.165) is 0 Å². The average Bonchev–Trinajstić information content (AvgIpc) is 2.75. The summed E-state index contributed by atoms with van der Waals surface area (Å²) in [5.74, 6) is -8.59. The Hall–Kier alpha value is -3.90. The number of phenols is 1. The number of rotatable bonds is 4. The Morgan fingerprint density at radius 3 is 2.17 bits per heavy atom. The third kappa shape index (κ3) is 3.14. The third-order valence-electron chi connectivity index (χ3n) is 7.45. The molecule has 1 aromatic carbocycles. The number of hydrogen-bond acceptors (Lipinski definition) is 10. The highest BCUT2D eigenvalue weighted by Gasteiger charge is 2.63. The number of benzene rings is 1. The number of aliphatic hydroxyl groups is 3. The van der Waals surface area contributed by atoms with E-state index in [4.69, 9.17) is 11.5 Å². The Morgan fingerprint density at radius 1 is 1.06 bits per heavy atom. The molecule has 8 N–H and O–H groups in total. The summed E-state index contributed by atoms with van der Waals surface area (Å²) in [5.41, 5.74) is 7.08. The number of aromatic hydroxyl groups is 1. The maximum Gasteiger partial charge on any atom is 0.255 e. The lowest BCUT2D eigenvalue weighted by Crippen LogP contribution is -2.63. The lowest BCUT2D eigenvalue weighted by molar-refractivity contribution is -0.148. The smallest absolute Gasteiger partial charge is 0.255 e. The van der Waals surface area contributed by atoms with Crippen molar-refractivity contribution in [3.05, 3.63) is 45.4 Å². The minimum absolute atomic E-state index is 0.0308. The zero-order valence-electron chi connectivity index (χ0n) is 20.2. The number of hydrogen-bond donors (Lipinski definition) is 6. The van der Waals surface area contributed by atoms with E-state index in [2.05, 4.69) is 0 Å². The molecule has 0 aromatic heterocycles. The molecule has 4 rings (SSSR count). The fraction of sp³-hybridized carbons (Fsp3) is 0.417. The highest BCUT2D eigenvalue weighted by atomic mass is 16.3. The van der Waals surface area contributed by atoms with Crippen LogP contribution in [0.15, 0.2) is 28.7 Å². The van der Waals surface area contributed by atoms with E-state index >= 15 is 0 Å².